The molecule has 5 nitrogen and oxygen atoms in total. The third-order valence-electron chi connectivity index (χ3n) is 6.17. The summed E-state index contributed by atoms with van der Waals surface area (Å²) in [5, 5.41) is 14.3. The molecule has 2 aliphatic rings. The first kappa shape index (κ1) is 18.4. The van der Waals surface area contributed by atoms with E-state index < -0.39 is 0 Å². The van der Waals surface area contributed by atoms with Crippen LogP contribution in [-0.4, -0.2) is 44.9 Å². The number of hydrogen-bond donors (Lipinski definition) is 1. The Labute approximate surface area is 164 Å². The third-order valence-corrected chi connectivity index (χ3v) is 6.91. The minimum Gasteiger partial charge on any atom is -0.506 e. The maximum absolute atomic E-state index is 12.2. The highest BCUT2D eigenvalue weighted by atomic mass is 32.1. The largest absolute Gasteiger partial charge is 0.506 e. The number of pyridine rings is 1. The number of piperidine rings is 1. The molecule has 2 fully saturated rings. The normalized spacial score (nSPS) is 21.3. The number of thiophene rings is 1. The molecular formula is C21H27N3O2S. The Morgan fingerprint density at radius 2 is 2.15 bits per heavy atom. The topological polar surface area (TPSA) is 56.7 Å². The van der Waals surface area contributed by atoms with Crippen molar-refractivity contribution in [3.63, 3.8) is 0 Å². The number of carbonyl (C=O) groups excluding carboxylic acids is 1. The molecule has 1 saturated carbocycles. The van der Waals surface area contributed by atoms with E-state index in [1.165, 1.54) is 5.56 Å². The highest BCUT2D eigenvalue weighted by Crippen LogP contribution is 2.57. The zero-order chi connectivity index (χ0) is 19.0. The first-order valence-corrected chi connectivity index (χ1v) is 10.6. The Balaban J connectivity index is 1.36. The van der Waals surface area contributed by atoms with Crippen molar-refractivity contribution in [3.05, 3.63) is 45.9 Å². The van der Waals surface area contributed by atoms with Gasteiger partial charge in [0.1, 0.15) is 5.75 Å². The van der Waals surface area contributed by atoms with E-state index in [-0.39, 0.29) is 11.7 Å². The van der Waals surface area contributed by atoms with Crippen LogP contribution in [0.3, 0.4) is 0 Å². The van der Waals surface area contributed by atoms with Gasteiger partial charge in [-0.05, 0) is 79.2 Å². The molecule has 2 aromatic heterocycles. The SMILES string of the molecule is CC(=O)N(Cc1ccsc1)[C@H]1CC12CCN(Cc1nc(C)ccc1O)CC2. The Morgan fingerprint density at radius 3 is 2.81 bits per heavy atom. The first-order valence-electron chi connectivity index (χ1n) is 9.63. The van der Waals surface area contributed by atoms with Crippen LogP contribution in [0.2, 0.25) is 0 Å². The smallest absolute Gasteiger partial charge is 0.220 e. The predicted molar refractivity (Wildman–Crippen MR) is 107 cm³/mol. The molecular weight excluding hydrogens is 358 g/mol. The van der Waals surface area contributed by atoms with Crippen LogP contribution in [0, 0.1) is 12.3 Å². The van der Waals surface area contributed by atoms with Crippen LogP contribution in [0.4, 0.5) is 0 Å². The van der Waals surface area contributed by atoms with Gasteiger partial charge < -0.3 is 10.0 Å². The molecule has 1 aliphatic carbocycles. The Morgan fingerprint density at radius 1 is 1.37 bits per heavy atom. The molecule has 4 rings (SSSR count). The summed E-state index contributed by atoms with van der Waals surface area (Å²) in [6.07, 6.45) is 3.34. The highest BCUT2D eigenvalue weighted by Gasteiger charge is 2.58. The maximum atomic E-state index is 12.2. The average molecular weight is 386 g/mol. The number of hydrogen-bond acceptors (Lipinski definition) is 5. The van der Waals surface area contributed by atoms with Crippen LogP contribution in [0.1, 0.15) is 43.1 Å². The number of likely N-dealkylation sites (tertiary alicyclic amines) is 1. The lowest BCUT2D eigenvalue weighted by Crippen LogP contribution is -2.39. The summed E-state index contributed by atoms with van der Waals surface area (Å²) in [5.74, 6) is 0.461. The molecule has 1 amide bonds. The van der Waals surface area contributed by atoms with Crippen molar-refractivity contribution >= 4 is 17.2 Å². The maximum Gasteiger partial charge on any atom is 0.220 e. The summed E-state index contributed by atoms with van der Waals surface area (Å²) in [6, 6.07) is 6.06. The van der Waals surface area contributed by atoms with E-state index in [4.69, 9.17) is 0 Å². The van der Waals surface area contributed by atoms with Gasteiger partial charge in [0.05, 0.1) is 5.69 Å². The second kappa shape index (κ2) is 7.24. The van der Waals surface area contributed by atoms with Crippen molar-refractivity contribution in [2.75, 3.05) is 13.1 Å². The number of aryl methyl sites for hydroxylation is 1. The van der Waals surface area contributed by atoms with Crippen molar-refractivity contribution in [2.45, 2.75) is 52.2 Å². The van der Waals surface area contributed by atoms with Gasteiger partial charge in [0.15, 0.2) is 0 Å². The van der Waals surface area contributed by atoms with Crippen LogP contribution >= 0.6 is 11.3 Å². The van der Waals surface area contributed by atoms with Gasteiger partial charge >= 0.3 is 0 Å². The summed E-state index contributed by atoms with van der Waals surface area (Å²) < 4.78 is 0. The van der Waals surface area contributed by atoms with Crippen molar-refractivity contribution in [1.29, 1.82) is 0 Å². The number of nitrogens with zero attached hydrogens (tertiary/aromatic N) is 3. The zero-order valence-corrected chi connectivity index (χ0v) is 16.8. The Bertz CT molecular complexity index is 813. The molecule has 144 valence electrons. The van der Waals surface area contributed by atoms with Gasteiger partial charge in [0, 0.05) is 31.7 Å². The van der Waals surface area contributed by atoms with Crippen molar-refractivity contribution in [2.24, 2.45) is 5.41 Å². The lowest BCUT2D eigenvalue weighted by Gasteiger charge is -2.34. The first-order chi connectivity index (χ1) is 13.0. The van der Waals surface area contributed by atoms with Gasteiger partial charge in [-0.15, -0.1) is 0 Å². The Kier molecular flexibility index (Phi) is 4.95. The molecule has 0 bridgehead atoms. The molecule has 2 aromatic rings. The fraction of sp³-hybridized carbons (Fsp3) is 0.524. The molecule has 0 unspecified atom stereocenters. The minimum atomic E-state index is 0.180. The minimum absolute atomic E-state index is 0.180. The fourth-order valence-electron chi connectivity index (χ4n) is 4.41. The quantitative estimate of drug-likeness (QED) is 0.855. The molecule has 1 aliphatic heterocycles. The van der Waals surface area contributed by atoms with Gasteiger partial charge in [-0.2, -0.15) is 11.3 Å². The highest BCUT2D eigenvalue weighted by molar-refractivity contribution is 7.07. The average Bonchev–Trinajstić information content (AvgIpc) is 3.07. The lowest BCUT2D eigenvalue weighted by molar-refractivity contribution is -0.130. The van der Waals surface area contributed by atoms with Gasteiger partial charge in [-0.3, -0.25) is 14.7 Å². The van der Waals surface area contributed by atoms with Crippen LogP contribution in [-0.2, 0) is 17.9 Å². The van der Waals surface area contributed by atoms with Crippen molar-refractivity contribution < 1.29 is 9.90 Å². The molecule has 6 heteroatoms. The van der Waals surface area contributed by atoms with Gasteiger partial charge in [-0.25, -0.2) is 0 Å². The summed E-state index contributed by atoms with van der Waals surface area (Å²) in [7, 11) is 0. The lowest BCUT2D eigenvalue weighted by atomic mass is 9.92. The number of aromatic nitrogens is 1. The van der Waals surface area contributed by atoms with E-state index in [1.807, 2.05) is 13.0 Å². The van der Waals surface area contributed by atoms with Crippen LogP contribution in [0.25, 0.3) is 0 Å². The third kappa shape index (κ3) is 3.87. The van der Waals surface area contributed by atoms with Crippen LogP contribution < -0.4 is 0 Å². The number of carbonyl (C=O) groups is 1. The molecule has 1 saturated heterocycles. The molecule has 0 aromatic carbocycles. The van der Waals surface area contributed by atoms with E-state index in [1.54, 1.807) is 24.3 Å². The van der Waals surface area contributed by atoms with E-state index in [9.17, 15) is 9.90 Å². The molecule has 1 N–H and O–H groups in total. The summed E-state index contributed by atoms with van der Waals surface area (Å²) in [4.78, 5) is 21.2. The molecule has 1 atom stereocenters. The van der Waals surface area contributed by atoms with E-state index in [2.05, 4.69) is 31.6 Å². The summed E-state index contributed by atoms with van der Waals surface area (Å²) in [5.41, 5.74) is 3.22. The predicted octanol–water partition coefficient (Wildman–Crippen LogP) is 3.56. The summed E-state index contributed by atoms with van der Waals surface area (Å²) in [6.45, 7) is 7.06. The number of rotatable bonds is 5. The monoisotopic (exact) mass is 385 g/mol. The zero-order valence-electron chi connectivity index (χ0n) is 16.0. The Hall–Kier alpha value is -1.92. The molecule has 1 spiro atoms. The second-order valence-corrected chi connectivity index (χ2v) is 8.84. The number of aromatic hydroxyl groups is 1. The van der Waals surface area contributed by atoms with Gasteiger partial charge in [0.2, 0.25) is 5.91 Å². The van der Waals surface area contributed by atoms with E-state index in [0.29, 0.717) is 18.0 Å². The molecule has 27 heavy (non-hydrogen) atoms. The molecule has 0 radical (unpaired) electrons. The standard InChI is InChI=1S/C21H27N3O2S/c1-15-3-4-19(26)18(22-15)13-23-8-6-21(7-9-23)11-20(21)24(16(2)25)12-17-5-10-27-14-17/h3-5,10,14,20,26H,6-9,11-13H2,1-2H3/t20-/m0/s1. The van der Waals surface area contributed by atoms with Crippen molar-refractivity contribution in [3.8, 4) is 5.75 Å². The van der Waals surface area contributed by atoms with E-state index >= 15 is 0 Å². The van der Waals surface area contributed by atoms with Crippen LogP contribution in [0.15, 0.2) is 29.0 Å². The number of amides is 1. The van der Waals surface area contributed by atoms with Crippen LogP contribution in [0.5, 0.6) is 5.75 Å². The van der Waals surface area contributed by atoms with E-state index in [0.717, 1.165) is 50.3 Å². The second-order valence-electron chi connectivity index (χ2n) is 8.06. The van der Waals surface area contributed by atoms with Crippen molar-refractivity contribution in [1.82, 2.24) is 14.8 Å². The van der Waals surface area contributed by atoms with Gasteiger partial charge in [-0.1, -0.05) is 0 Å². The fourth-order valence-corrected chi connectivity index (χ4v) is 5.07. The van der Waals surface area contributed by atoms with Gasteiger partial charge in [0.25, 0.3) is 0 Å². The summed E-state index contributed by atoms with van der Waals surface area (Å²) >= 11 is 1.68. The molecule has 3 heterocycles.